The van der Waals surface area contributed by atoms with Crippen LogP contribution in [0.2, 0.25) is 0 Å². The Kier molecular flexibility index (Phi) is 7.64. The summed E-state index contributed by atoms with van der Waals surface area (Å²) in [7, 11) is -2.08. The Hall–Kier alpha value is -2.68. The fraction of sp³-hybridized carbons (Fsp3) is 0.370. The Morgan fingerprint density at radius 2 is 1.94 bits per heavy atom. The zero-order chi connectivity index (χ0) is 25.2. The molecular weight excluding hydrogens is 480 g/mol. The lowest BCUT2D eigenvalue weighted by atomic mass is 9.92. The van der Waals surface area contributed by atoms with Gasteiger partial charge in [0.2, 0.25) is 10.0 Å². The number of hydrogen-bond donors (Lipinski definition) is 1. The first-order valence-corrected chi connectivity index (χ1v) is 14.2. The first-order chi connectivity index (χ1) is 16.8. The van der Waals surface area contributed by atoms with Crippen LogP contribution in [0.15, 0.2) is 59.5 Å². The number of sulfonamides is 1. The van der Waals surface area contributed by atoms with Crippen molar-refractivity contribution in [1.82, 2.24) is 9.62 Å². The summed E-state index contributed by atoms with van der Waals surface area (Å²) in [6.07, 6.45) is 1.37. The number of nitrogens with one attached hydrogen (secondary N) is 1. The van der Waals surface area contributed by atoms with E-state index in [-0.39, 0.29) is 29.4 Å². The molecule has 2 atom stereocenters. The summed E-state index contributed by atoms with van der Waals surface area (Å²) >= 11 is 1.50. The summed E-state index contributed by atoms with van der Waals surface area (Å²) in [4.78, 5) is 14.1. The minimum atomic E-state index is -3.71. The maximum atomic E-state index is 13.6. The van der Waals surface area contributed by atoms with Gasteiger partial charge in [0.05, 0.1) is 11.4 Å². The molecule has 0 saturated carbocycles. The smallest absolute Gasteiger partial charge is 0.261 e. The van der Waals surface area contributed by atoms with Gasteiger partial charge >= 0.3 is 0 Å². The Balaban J connectivity index is 1.68. The van der Waals surface area contributed by atoms with E-state index in [0.29, 0.717) is 23.6 Å². The molecule has 1 aromatic heterocycles. The highest BCUT2D eigenvalue weighted by Crippen LogP contribution is 2.36. The molecule has 1 amide bonds. The SMILES string of the molecule is CCC(c1ccc(C)c(CN2C[C@@H](CC)Oc3ccccc3S2(=O)=O)c1)c1ccc(C(=O)NC)s1. The third-order valence-electron chi connectivity index (χ3n) is 6.57. The molecule has 35 heavy (non-hydrogen) atoms. The van der Waals surface area contributed by atoms with E-state index in [2.05, 4.69) is 30.4 Å². The third-order valence-corrected chi connectivity index (χ3v) is 9.62. The molecule has 4 rings (SSSR count). The average Bonchev–Trinajstić information content (AvgIpc) is 3.31. The quantitative estimate of drug-likeness (QED) is 0.465. The minimum absolute atomic E-state index is 0.0833. The number of benzene rings is 2. The molecule has 0 fully saturated rings. The van der Waals surface area contributed by atoms with Gasteiger partial charge in [0.15, 0.2) is 0 Å². The van der Waals surface area contributed by atoms with Crippen LogP contribution < -0.4 is 10.1 Å². The highest BCUT2D eigenvalue weighted by molar-refractivity contribution is 7.89. The summed E-state index contributed by atoms with van der Waals surface area (Å²) < 4.78 is 34.8. The second kappa shape index (κ2) is 10.5. The van der Waals surface area contributed by atoms with E-state index < -0.39 is 10.0 Å². The van der Waals surface area contributed by atoms with Gasteiger partial charge in [-0.1, -0.05) is 44.2 Å². The molecule has 1 N–H and O–H groups in total. The number of aryl methyl sites for hydroxylation is 1. The average molecular weight is 513 g/mol. The van der Waals surface area contributed by atoms with Gasteiger partial charge in [0, 0.05) is 24.4 Å². The molecule has 0 spiro atoms. The molecule has 8 heteroatoms. The van der Waals surface area contributed by atoms with Crippen molar-refractivity contribution in [1.29, 1.82) is 0 Å². The first-order valence-electron chi connectivity index (χ1n) is 12.0. The second-order valence-electron chi connectivity index (χ2n) is 8.82. The number of thiophene rings is 1. The van der Waals surface area contributed by atoms with Crippen LogP contribution in [-0.4, -0.2) is 38.3 Å². The maximum absolute atomic E-state index is 13.6. The number of carbonyl (C=O) groups is 1. The number of hydrogen-bond acceptors (Lipinski definition) is 5. The number of para-hydroxylation sites is 1. The van der Waals surface area contributed by atoms with Gasteiger partial charge in [-0.15, -0.1) is 11.3 Å². The Morgan fingerprint density at radius 3 is 2.66 bits per heavy atom. The summed E-state index contributed by atoms with van der Waals surface area (Å²) in [5.41, 5.74) is 3.14. The monoisotopic (exact) mass is 512 g/mol. The van der Waals surface area contributed by atoms with E-state index in [1.807, 2.05) is 26.0 Å². The predicted octanol–water partition coefficient (Wildman–Crippen LogP) is 5.32. The van der Waals surface area contributed by atoms with Crippen LogP contribution in [0.1, 0.15) is 63.8 Å². The summed E-state index contributed by atoms with van der Waals surface area (Å²) in [6.45, 7) is 6.73. The van der Waals surface area contributed by atoms with Crippen LogP contribution in [0.25, 0.3) is 0 Å². The van der Waals surface area contributed by atoms with Gasteiger partial charge in [-0.2, -0.15) is 4.31 Å². The molecule has 0 aliphatic carbocycles. The number of rotatable bonds is 7. The van der Waals surface area contributed by atoms with Crippen molar-refractivity contribution in [2.45, 2.75) is 57.1 Å². The van der Waals surface area contributed by atoms with Crippen molar-refractivity contribution in [3.05, 3.63) is 81.0 Å². The van der Waals surface area contributed by atoms with Gasteiger partial charge in [-0.25, -0.2) is 8.42 Å². The number of nitrogens with zero attached hydrogens (tertiary/aromatic N) is 1. The Bertz CT molecular complexity index is 1320. The standard InChI is InChI=1S/C27H32N2O4S2/c1-5-21-17-29(35(31,32)26-10-8-7-9-23(26)33-21)16-20-15-19(12-11-18(20)3)22(6-2)24-13-14-25(34-24)27(30)28-4/h7-15,21-22H,5-6,16-17H2,1-4H3,(H,28,30)/t21-,22?/m1/s1. The van der Waals surface area contributed by atoms with E-state index in [0.717, 1.165) is 28.0 Å². The Morgan fingerprint density at radius 1 is 1.17 bits per heavy atom. The van der Waals surface area contributed by atoms with Crippen molar-refractivity contribution < 1.29 is 17.9 Å². The van der Waals surface area contributed by atoms with Crippen LogP contribution in [0, 0.1) is 6.92 Å². The normalized spacial score (nSPS) is 18.2. The lowest BCUT2D eigenvalue weighted by Gasteiger charge is -2.24. The maximum Gasteiger partial charge on any atom is 0.261 e. The molecule has 186 valence electrons. The van der Waals surface area contributed by atoms with Crippen LogP contribution in [0.3, 0.4) is 0 Å². The molecule has 0 bridgehead atoms. The molecular formula is C27H32N2O4S2. The molecule has 0 radical (unpaired) electrons. The lowest BCUT2D eigenvalue weighted by molar-refractivity contribution is 0.0967. The van der Waals surface area contributed by atoms with Gasteiger partial charge in [-0.05, 0) is 60.7 Å². The predicted molar refractivity (Wildman–Crippen MR) is 140 cm³/mol. The molecule has 6 nitrogen and oxygen atoms in total. The molecule has 0 saturated heterocycles. The van der Waals surface area contributed by atoms with Crippen LogP contribution in [-0.2, 0) is 16.6 Å². The van der Waals surface area contributed by atoms with Crippen molar-refractivity contribution in [2.75, 3.05) is 13.6 Å². The first kappa shape index (κ1) is 25.4. The number of carbonyl (C=O) groups excluding carboxylic acids is 1. The summed E-state index contributed by atoms with van der Waals surface area (Å²) in [5.74, 6) is 0.467. The fourth-order valence-electron chi connectivity index (χ4n) is 4.46. The molecule has 1 aliphatic rings. The minimum Gasteiger partial charge on any atom is -0.488 e. The van der Waals surface area contributed by atoms with E-state index >= 15 is 0 Å². The van der Waals surface area contributed by atoms with E-state index in [1.165, 1.54) is 11.3 Å². The van der Waals surface area contributed by atoms with Crippen molar-refractivity contribution in [2.24, 2.45) is 0 Å². The van der Waals surface area contributed by atoms with Crippen molar-refractivity contribution in [3.63, 3.8) is 0 Å². The molecule has 1 unspecified atom stereocenters. The van der Waals surface area contributed by atoms with E-state index in [9.17, 15) is 13.2 Å². The molecule has 1 aliphatic heterocycles. The van der Waals surface area contributed by atoms with E-state index in [1.54, 1.807) is 35.6 Å². The van der Waals surface area contributed by atoms with Gasteiger partial charge in [-0.3, -0.25) is 4.79 Å². The van der Waals surface area contributed by atoms with Gasteiger partial charge < -0.3 is 10.1 Å². The fourth-order valence-corrected chi connectivity index (χ4v) is 7.20. The van der Waals surface area contributed by atoms with Crippen LogP contribution in [0.5, 0.6) is 5.75 Å². The van der Waals surface area contributed by atoms with Crippen molar-refractivity contribution in [3.8, 4) is 5.75 Å². The zero-order valence-electron chi connectivity index (χ0n) is 20.6. The lowest BCUT2D eigenvalue weighted by Crippen LogP contribution is -2.36. The van der Waals surface area contributed by atoms with Crippen LogP contribution >= 0.6 is 11.3 Å². The number of fused-ring (bicyclic) bond motifs is 1. The number of ether oxygens (including phenoxy) is 1. The second-order valence-corrected chi connectivity index (χ2v) is 11.8. The van der Waals surface area contributed by atoms with Gasteiger partial charge in [0.25, 0.3) is 5.91 Å². The van der Waals surface area contributed by atoms with Gasteiger partial charge in [0.1, 0.15) is 16.7 Å². The largest absolute Gasteiger partial charge is 0.488 e. The Labute approximate surface area is 212 Å². The topological polar surface area (TPSA) is 75.7 Å². The van der Waals surface area contributed by atoms with E-state index in [4.69, 9.17) is 4.74 Å². The molecule has 3 aromatic rings. The highest BCUT2D eigenvalue weighted by atomic mass is 32.2. The summed E-state index contributed by atoms with van der Waals surface area (Å²) in [6, 6.07) is 17.0. The zero-order valence-corrected chi connectivity index (χ0v) is 22.2. The van der Waals surface area contributed by atoms with Crippen molar-refractivity contribution >= 4 is 27.3 Å². The highest BCUT2D eigenvalue weighted by Gasteiger charge is 2.34. The van der Waals surface area contributed by atoms with Crippen LogP contribution in [0.4, 0.5) is 0 Å². The number of amides is 1. The molecule has 2 aromatic carbocycles. The summed E-state index contributed by atoms with van der Waals surface area (Å²) in [5, 5.41) is 2.68. The molecule has 2 heterocycles. The third kappa shape index (κ3) is 5.15.